The molecule has 1 aromatic carbocycles. The fourth-order valence-electron chi connectivity index (χ4n) is 2.13. The summed E-state index contributed by atoms with van der Waals surface area (Å²) in [6, 6.07) is 7.14. The van der Waals surface area contributed by atoms with Gasteiger partial charge in [-0.1, -0.05) is 12.1 Å². The molecule has 92 valence electrons. The summed E-state index contributed by atoms with van der Waals surface area (Å²) in [5.41, 5.74) is 7.75. The largest absolute Gasteiger partial charge is 0.468 e. The first-order valence-corrected chi connectivity index (χ1v) is 5.90. The van der Waals surface area contributed by atoms with Crippen LogP contribution >= 0.6 is 0 Å². The van der Waals surface area contributed by atoms with E-state index in [1.54, 1.807) is 0 Å². The van der Waals surface area contributed by atoms with Gasteiger partial charge in [0.25, 0.3) is 0 Å². The molecule has 0 saturated carbocycles. The van der Waals surface area contributed by atoms with Crippen molar-refractivity contribution < 1.29 is 9.53 Å². The van der Waals surface area contributed by atoms with Crippen molar-refractivity contribution in [3.05, 3.63) is 29.8 Å². The standard InChI is InChI=1S/C13H18N2O2/c1-17-13(16)12(14)10-4-6-11(7-5-10)15-8-2-3-9-15/h4-7,12H,2-3,8-9,14H2,1H3. The lowest BCUT2D eigenvalue weighted by Crippen LogP contribution is -2.23. The predicted molar refractivity (Wildman–Crippen MR) is 66.8 cm³/mol. The Hall–Kier alpha value is -1.55. The van der Waals surface area contributed by atoms with Crippen LogP contribution in [0.15, 0.2) is 24.3 Å². The zero-order valence-electron chi connectivity index (χ0n) is 10.1. The number of ether oxygens (including phenoxy) is 1. The minimum atomic E-state index is -0.687. The summed E-state index contributed by atoms with van der Waals surface area (Å²) in [6.45, 7) is 2.23. The molecule has 0 amide bonds. The number of anilines is 1. The number of nitrogens with zero attached hydrogens (tertiary/aromatic N) is 1. The number of rotatable bonds is 3. The van der Waals surface area contributed by atoms with Gasteiger partial charge in [0.05, 0.1) is 7.11 Å². The summed E-state index contributed by atoms with van der Waals surface area (Å²) in [6.07, 6.45) is 2.51. The number of nitrogens with two attached hydrogens (primary N) is 1. The highest BCUT2D eigenvalue weighted by Gasteiger charge is 2.17. The van der Waals surface area contributed by atoms with E-state index in [1.807, 2.05) is 24.3 Å². The van der Waals surface area contributed by atoms with E-state index in [4.69, 9.17) is 5.73 Å². The van der Waals surface area contributed by atoms with Crippen molar-refractivity contribution in [2.24, 2.45) is 5.73 Å². The third-order valence-electron chi connectivity index (χ3n) is 3.18. The zero-order valence-corrected chi connectivity index (χ0v) is 10.1. The normalized spacial score (nSPS) is 16.9. The first-order valence-electron chi connectivity index (χ1n) is 5.90. The second-order valence-corrected chi connectivity index (χ2v) is 4.29. The summed E-state index contributed by atoms with van der Waals surface area (Å²) < 4.78 is 4.62. The van der Waals surface area contributed by atoms with Crippen molar-refractivity contribution in [2.75, 3.05) is 25.1 Å². The van der Waals surface area contributed by atoms with Gasteiger partial charge in [0.15, 0.2) is 0 Å². The van der Waals surface area contributed by atoms with Crippen LogP contribution in [0.5, 0.6) is 0 Å². The molecule has 1 aromatic rings. The van der Waals surface area contributed by atoms with E-state index in [2.05, 4.69) is 9.64 Å². The van der Waals surface area contributed by atoms with Crippen molar-refractivity contribution in [3.8, 4) is 0 Å². The molecule has 2 rings (SSSR count). The average Bonchev–Trinajstić information content (AvgIpc) is 2.91. The van der Waals surface area contributed by atoms with Crippen molar-refractivity contribution in [2.45, 2.75) is 18.9 Å². The number of esters is 1. The van der Waals surface area contributed by atoms with Crippen molar-refractivity contribution in [1.29, 1.82) is 0 Å². The molecule has 1 saturated heterocycles. The van der Waals surface area contributed by atoms with Gasteiger partial charge < -0.3 is 15.4 Å². The molecule has 1 fully saturated rings. The Morgan fingerprint density at radius 3 is 2.41 bits per heavy atom. The van der Waals surface area contributed by atoms with Crippen molar-refractivity contribution >= 4 is 11.7 Å². The van der Waals surface area contributed by atoms with E-state index < -0.39 is 12.0 Å². The first kappa shape index (κ1) is 11.9. The molecule has 0 aliphatic carbocycles. The van der Waals surface area contributed by atoms with Crippen LogP contribution in [0.3, 0.4) is 0 Å². The van der Waals surface area contributed by atoms with E-state index in [1.165, 1.54) is 25.6 Å². The van der Waals surface area contributed by atoms with Gasteiger partial charge in [-0.25, -0.2) is 0 Å². The van der Waals surface area contributed by atoms with E-state index >= 15 is 0 Å². The quantitative estimate of drug-likeness (QED) is 0.804. The molecule has 0 radical (unpaired) electrons. The van der Waals surface area contributed by atoms with Gasteiger partial charge in [0, 0.05) is 18.8 Å². The molecule has 0 aromatic heterocycles. The van der Waals surface area contributed by atoms with E-state index in [0.29, 0.717) is 0 Å². The molecule has 1 aliphatic heterocycles. The summed E-state index contributed by atoms with van der Waals surface area (Å²) in [7, 11) is 1.35. The molecule has 4 heteroatoms. The number of carbonyl (C=O) groups excluding carboxylic acids is 1. The average molecular weight is 234 g/mol. The van der Waals surface area contributed by atoms with Crippen LogP contribution < -0.4 is 10.6 Å². The van der Waals surface area contributed by atoms with Gasteiger partial charge in [0.1, 0.15) is 6.04 Å². The molecule has 17 heavy (non-hydrogen) atoms. The third-order valence-corrected chi connectivity index (χ3v) is 3.18. The Kier molecular flexibility index (Phi) is 3.64. The molecule has 1 heterocycles. The van der Waals surface area contributed by atoms with Crippen LogP contribution in [0.1, 0.15) is 24.4 Å². The molecule has 4 nitrogen and oxygen atoms in total. The summed E-state index contributed by atoms with van der Waals surface area (Å²) in [4.78, 5) is 13.6. The maximum absolute atomic E-state index is 11.3. The molecule has 0 bridgehead atoms. The number of hydrogen-bond acceptors (Lipinski definition) is 4. The lowest BCUT2D eigenvalue weighted by Gasteiger charge is -2.18. The molecular weight excluding hydrogens is 216 g/mol. The SMILES string of the molecule is COC(=O)C(N)c1ccc(N2CCCC2)cc1. The monoisotopic (exact) mass is 234 g/mol. The van der Waals surface area contributed by atoms with E-state index in [-0.39, 0.29) is 0 Å². The molecule has 2 N–H and O–H groups in total. The zero-order chi connectivity index (χ0) is 12.3. The van der Waals surface area contributed by atoms with Gasteiger partial charge in [-0.05, 0) is 30.5 Å². The minimum Gasteiger partial charge on any atom is -0.468 e. The number of hydrogen-bond donors (Lipinski definition) is 1. The summed E-state index contributed by atoms with van der Waals surface area (Å²) in [5.74, 6) is -0.404. The molecular formula is C13H18N2O2. The summed E-state index contributed by atoms with van der Waals surface area (Å²) in [5, 5.41) is 0. The second kappa shape index (κ2) is 5.19. The van der Waals surface area contributed by atoms with Crippen LogP contribution in [0.2, 0.25) is 0 Å². The molecule has 0 spiro atoms. The van der Waals surface area contributed by atoms with E-state index in [0.717, 1.165) is 18.7 Å². The van der Waals surface area contributed by atoms with Gasteiger partial charge >= 0.3 is 5.97 Å². The lowest BCUT2D eigenvalue weighted by atomic mass is 10.1. The van der Waals surface area contributed by atoms with Crippen molar-refractivity contribution in [3.63, 3.8) is 0 Å². The molecule has 1 aliphatic rings. The summed E-state index contributed by atoms with van der Waals surface area (Å²) >= 11 is 0. The van der Waals surface area contributed by atoms with Crippen LogP contribution in [0, 0.1) is 0 Å². The number of carbonyl (C=O) groups is 1. The maximum Gasteiger partial charge on any atom is 0.327 e. The van der Waals surface area contributed by atoms with Crippen LogP contribution in [0.25, 0.3) is 0 Å². The fourth-order valence-corrected chi connectivity index (χ4v) is 2.13. The minimum absolute atomic E-state index is 0.404. The topological polar surface area (TPSA) is 55.6 Å². The van der Waals surface area contributed by atoms with Crippen LogP contribution in [-0.4, -0.2) is 26.2 Å². The molecule has 1 unspecified atom stereocenters. The van der Waals surface area contributed by atoms with Gasteiger partial charge in [-0.3, -0.25) is 4.79 Å². The molecule has 1 atom stereocenters. The number of methoxy groups -OCH3 is 1. The van der Waals surface area contributed by atoms with Crippen LogP contribution in [-0.2, 0) is 9.53 Å². The Labute approximate surface area is 101 Å². The van der Waals surface area contributed by atoms with Crippen LogP contribution in [0.4, 0.5) is 5.69 Å². The number of benzene rings is 1. The van der Waals surface area contributed by atoms with E-state index in [9.17, 15) is 4.79 Å². The van der Waals surface area contributed by atoms with Gasteiger partial charge in [0.2, 0.25) is 0 Å². The van der Waals surface area contributed by atoms with Gasteiger partial charge in [-0.2, -0.15) is 0 Å². The Morgan fingerprint density at radius 2 is 1.88 bits per heavy atom. The Bertz CT molecular complexity index is 383. The van der Waals surface area contributed by atoms with Crippen molar-refractivity contribution in [1.82, 2.24) is 0 Å². The highest BCUT2D eigenvalue weighted by Crippen LogP contribution is 2.22. The first-order chi connectivity index (χ1) is 8.22. The Morgan fingerprint density at radius 1 is 1.29 bits per heavy atom. The third kappa shape index (κ3) is 2.58. The highest BCUT2D eigenvalue weighted by molar-refractivity contribution is 5.77. The van der Waals surface area contributed by atoms with Gasteiger partial charge in [-0.15, -0.1) is 0 Å². The highest BCUT2D eigenvalue weighted by atomic mass is 16.5. The predicted octanol–water partition coefficient (Wildman–Crippen LogP) is 1.46. The fraction of sp³-hybridized carbons (Fsp3) is 0.462. The Balaban J connectivity index is 2.09. The maximum atomic E-state index is 11.3. The lowest BCUT2D eigenvalue weighted by molar-refractivity contribution is -0.142. The second-order valence-electron chi connectivity index (χ2n) is 4.29. The smallest absolute Gasteiger partial charge is 0.327 e.